The normalized spacial score (nSPS) is 13.1. The molecule has 0 unspecified atom stereocenters. The van der Waals surface area contributed by atoms with Gasteiger partial charge in [0.1, 0.15) is 35.7 Å². The number of aromatic nitrogens is 1. The maximum absolute atomic E-state index is 13.8. The first-order chi connectivity index (χ1) is 15.1. The highest BCUT2D eigenvalue weighted by Gasteiger charge is 2.26. The SMILES string of the molecule is CS(=O)(=O)N1CNc2cc(Cn3ccc(OCc4ccc(F)cc4F)c(Cl)c3=O)ccc21. The van der Waals surface area contributed by atoms with Crippen LogP contribution in [0.25, 0.3) is 0 Å². The van der Waals surface area contributed by atoms with Gasteiger partial charge in [0.15, 0.2) is 0 Å². The second-order valence-corrected chi connectivity index (χ2v) is 9.53. The van der Waals surface area contributed by atoms with E-state index in [2.05, 4.69) is 5.32 Å². The van der Waals surface area contributed by atoms with Gasteiger partial charge in [0, 0.05) is 17.8 Å². The lowest BCUT2D eigenvalue weighted by atomic mass is 10.1. The van der Waals surface area contributed by atoms with E-state index in [-0.39, 0.29) is 36.2 Å². The van der Waals surface area contributed by atoms with Gasteiger partial charge in [-0.1, -0.05) is 17.7 Å². The molecule has 0 aliphatic carbocycles. The number of benzene rings is 2. The fraction of sp³-hybridized carbons (Fsp3) is 0.190. The number of hydrogen-bond donors (Lipinski definition) is 1. The molecular formula is C21H18ClF2N3O4S. The molecule has 0 amide bonds. The number of rotatable bonds is 6. The van der Waals surface area contributed by atoms with Gasteiger partial charge >= 0.3 is 0 Å². The second kappa shape index (κ2) is 8.44. The summed E-state index contributed by atoms with van der Waals surface area (Å²) in [5, 5.41) is 2.85. The van der Waals surface area contributed by atoms with Crippen LogP contribution in [0, 0.1) is 11.6 Å². The predicted molar refractivity (Wildman–Crippen MR) is 118 cm³/mol. The van der Waals surface area contributed by atoms with Crippen LogP contribution in [0.2, 0.25) is 5.02 Å². The number of halogens is 3. The van der Waals surface area contributed by atoms with Crippen molar-refractivity contribution >= 4 is 33.0 Å². The molecule has 0 bridgehead atoms. The van der Waals surface area contributed by atoms with Gasteiger partial charge in [-0.2, -0.15) is 0 Å². The predicted octanol–water partition coefficient (Wildman–Crippen LogP) is 3.56. The third kappa shape index (κ3) is 4.42. The topological polar surface area (TPSA) is 80.6 Å². The number of nitrogens with zero attached hydrogens (tertiary/aromatic N) is 2. The summed E-state index contributed by atoms with van der Waals surface area (Å²) in [7, 11) is -3.39. The lowest BCUT2D eigenvalue weighted by molar-refractivity contribution is 0.298. The lowest BCUT2D eigenvalue weighted by Gasteiger charge is -2.15. The van der Waals surface area contributed by atoms with Gasteiger partial charge in [-0.3, -0.25) is 4.79 Å². The first kappa shape index (κ1) is 22.1. The molecule has 3 aromatic rings. The molecule has 0 saturated heterocycles. The monoisotopic (exact) mass is 481 g/mol. The van der Waals surface area contributed by atoms with Crippen LogP contribution in [-0.2, 0) is 23.2 Å². The van der Waals surface area contributed by atoms with E-state index in [0.29, 0.717) is 11.4 Å². The summed E-state index contributed by atoms with van der Waals surface area (Å²) in [6.45, 7) is 0.117. The van der Waals surface area contributed by atoms with Crippen LogP contribution in [0.3, 0.4) is 0 Å². The summed E-state index contributed by atoms with van der Waals surface area (Å²) in [6, 6.07) is 9.78. The minimum absolute atomic E-state index is 0.0797. The highest BCUT2D eigenvalue weighted by atomic mass is 35.5. The number of ether oxygens (including phenoxy) is 1. The van der Waals surface area contributed by atoms with E-state index in [1.807, 2.05) is 0 Å². The zero-order valence-corrected chi connectivity index (χ0v) is 18.4. The van der Waals surface area contributed by atoms with E-state index in [4.69, 9.17) is 16.3 Å². The molecule has 0 spiro atoms. The minimum Gasteiger partial charge on any atom is -0.487 e. The largest absolute Gasteiger partial charge is 0.487 e. The zero-order chi connectivity index (χ0) is 23.0. The van der Waals surface area contributed by atoms with Gasteiger partial charge in [-0.25, -0.2) is 21.5 Å². The molecule has 0 fully saturated rings. The van der Waals surface area contributed by atoms with Crippen molar-refractivity contribution in [1.82, 2.24) is 4.57 Å². The van der Waals surface area contributed by atoms with Crippen molar-refractivity contribution in [2.24, 2.45) is 0 Å². The molecule has 11 heteroatoms. The molecule has 2 aromatic carbocycles. The Bertz CT molecular complexity index is 1360. The number of pyridine rings is 1. The van der Waals surface area contributed by atoms with Crippen molar-refractivity contribution < 1.29 is 21.9 Å². The molecule has 4 rings (SSSR count). The second-order valence-electron chi connectivity index (χ2n) is 7.25. The summed E-state index contributed by atoms with van der Waals surface area (Å²) in [6.07, 6.45) is 2.63. The lowest BCUT2D eigenvalue weighted by Crippen LogP contribution is -2.29. The number of sulfonamides is 1. The van der Waals surface area contributed by atoms with Crippen LogP contribution in [0.15, 0.2) is 53.5 Å². The fourth-order valence-electron chi connectivity index (χ4n) is 3.34. The summed E-state index contributed by atoms with van der Waals surface area (Å²) >= 11 is 6.16. The molecule has 1 aromatic heterocycles. The molecule has 168 valence electrons. The maximum Gasteiger partial charge on any atom is 0.273 e. The maximum atomic E-state index is 13.8. The number of nitrogens with one attached hydrogen (secondary N) is 1. The van der Waals surface area contributed by atoms with Gasteiger partial charge in [-0.15, -0.1) is 0 Å². The van der Waals surface area contributed by atoms with E-state index >= 15 is 0 Å². The zero-order valence-electron chi connectivity index (χ0n) is 16.8. The van der Waals surface area contributed by atoms with Gasteiger partial charge in [0.25, 0.3) is 5.56 Å². The van der Waals surface area contributed by atoms with Crippen LogP contribution in [0.4, 0.5) is 20.2 Å². The molecular weight excluding hydrogens is 464 g/mol. The molecule has 0 radical (unpaired) electrons. The van der Waals surface area contributed by atoms with Crippen LogP contribution in [-0.4, -0.2) is 25.9 Å². The first-order valence-electron chi connectivity index (χ1n) is 9.43. The highest BCUT2D eigenvalue weighted by molar-refractivity contribution is 7.92. The molecule has 1 N–H and O–H groups in total. The summed E-state index contributed by atoms with van der Waals surface area (Å²) in [5.74, 6) is -1.37. The van der Waals surface area contributed by atoms with Crippen molar-refractivity contribution in [1.29, 1.82) is 0 Å². The van der Waals surface area contributed by atoms with E-state index in [1.54, 1.807) is 18.2 Å². The Labute approximate surface area is 187 Å². The van der Waals surface area contributed by atoms with Crippen molar-refractivity contribution in [3.8, 4) is 5.75 Å². The molecule has 1 aliphatic rings. The minimum atomic E-state index is -3.39. The van der Waals surface area contributed by atoms with Crippen molar-refractivity contribution in [2.75, 3.05) is 22.5 Å². The Morgan fingerprint density at radius 2 is 1.94 bits per heavy atom. The number of fused-ring (bicyclic) bond motifs is 1. The Balaban J connectivity index is 1.51. The van der Waals surface area contributed by atoms with Crippen LogP contribution in [0.1, 0.15) is 11.1 Å². The molecule has 0 atom stereocenters. The van der Waals surface area contributed by atoms with Gasteiger partial charge in [-0.05, 0) is 35.9 Å². The van der Waals surface area contributed by atoms with Gasteiger partial charge in [0.2, 0.25) is 10.0 Å². The van der Waals surface area contributed by atoms with Gasteiger partial charge in [0.05, 0.1) is 24.2 Å². The molecule has 7 nitrogen and oxygen atoms in total. The fourth-order valence-corrected chi connectivity index (χ4v) is 4.38. The third-order valence-electron chi connectivity index (χ3n) is 4.97. The summed E-state index contributed by atoms with van der Waals surface area (Å²) in [4.78, 5) is 12.7. The number of anilines is 2. The Morgan fingerprint density at radius 3 is 2.66 bits per heavy atom. The average Bonchev–Trinajstić information content (AvgIpc) is 3.16. The van der Waals surface area contributed by atoms with E-state index < -0.39 is 27.2 Å². The molecule has 32 heavy (non-hydrogen) atoms. The van der Waals surface area contributed by atoms with Crippen molar-refractivity contribution in [3.63, 3.8) is 0 Å². The number of hydrogen-bond acceptors (Lipinski definition) is 5. The molecule has 0 saturated carbocycles. The molecule has 2 heterocycles. The Kier molecular flexibility index (Phi) is 5.83. The van der Waals surface area contributed by atoms with Crippen molar-refractivity contribution in [2.45, 2.75) is 13.2 Å². The van der Waals surface area contributed by atoms with E-state index in [1.165, 1.54) is 27.2 Å². The Hall–Kier alpha value is -3.11. The Morgan fingerprint density at radius 1 is 1.16 bits per heavy atom. The third-order valence-corrected chi connectivity index (χ3v) is 6.44. The summed E-state index contributed by atoms with van der Waals surface area (Å²) < 4.78 is 58.5. The van der Waals surface area contributed by atoms with Crippen LogP contribution in [0.5, 0.6) is 5.75 Å². The first-order valence-corrected chi connectivity index (χ1v) is 11.7. The average molecular weight is 482 g/mol. The molecule has 1 aliphatic heterocycles. The van der Waals surface area contributed by atoms with Gasteiger partial charge < -0.3 is 14.6 Å². The van der Waals surface area contributed by atoms with E-state index in [0.717, 1.165) is 24.0 Å². The smallest absolute Gasteiger partial charge is 0.273 e. The van der Waals surface area contributed by atoms with E-state index in [9.17, 15) is 22.0 Å². The quantitative estimate of drug-likeness (QED) is 0.582. The summed E-state index contributed by atoms with van der Waals surface area (Å²) in [5.41, 5.74) is 1.56. The van der Waals surface area contributed by atoms with Crippen molar-refractivity contribution in [3.05, 3.63) is 86.8 Å². The highest BCUT2D eigenvalue weighted by Crippen LogP contribution is 2.34. The van der Waals surface area contributed by atoms with Crippen LogP contribution < -0.4 is 19.9 Å². The van der Waals surface area contributed by atoms with Crippen LogP contribution >= 0.6 is 11.6 Å². The standard InChI is InChI=1S/C21H18ClF2N3O4S/c1-32(29,30)27-12-25-17-8-13(2-5-18(17)27)10-26-7-6-19(20(22)21(26)28)31-11-14-3-4-15(23)9-16(14)24/h2-9,25H,10-12H2,1H3.